The van der Waals surface area contributed by atoms with Gasteiger partial charge < -0.3 is 10.1 Å². The molecule has 0 fully saturated rings. The van der Waals surface area contributed by atoms with Gasteiger partial charge in [-0.3, -0.25) is 4.79 Å². The Hall–Kier alpha value is -3.71. The summed E-state index contributed by atoms with van der Waals surface area (Å²) in [4.78, 5) is 13.0. The minimum absolute atomic E-state index is 0.0387. The maximum Gasteiger partial charge on any atom is 0.282 e. The third kappa shape index (κ3) is 4.27. The Morgan fingerprint density at radius 3 is 2.29 bits per heavy atom. The molecule has 1 N–H and O–H groups in total. The molecule has 0 unspecified atom stereocenters. The molecule has 0 bridgehead atoms. The molecule has 0 spiro atoms. The fourth-order valence-electron chi connectivity index (χ4n) is 3.31. The van der Waals surface area contributed by atoms with Crippen LogP contribution in [0.4, 0.5) is 5.69 Å². The average Bonchev–Trinajstić information content (AvgIpc) is 2.77. The van der Waals surface area contributed by atoms with Crippen molar-refractivity contribution in [1.82, 2.24) is 0 Å². The summed E-state index contributed by atoms with van der Waals surface area (Å²) in [6.07, 6.45) is 1.48. The molecule has 3 aromatic carbocycles. The molecular weight excluding hydrogens is 412 g/mol. The van der Waals surface area contributed by atoms with Gasteiger partial charge in [-0.1, -0.05) is 36.4 Å². The van der Waals surface area contributed by atoms with Crippen LogP contribution < -0.4 is 10.1 Å². The van der Waals surface area contributed by atoms with E-state index in [2.05, 4.69) is 9.71 Å². The predicted molar refractivity (Wildman–Crippen MR) is 120 cm³/mol. The highest BCUT2D eigenvalue weighted by molar-refractivity contribution is 7.90. The maximum atomic E-state index is 13.0. The number of fused-ring (bicyclic) bond motifs is 1. The third-order valence-corrected chi connectivity index (χ3v) is 6.15. The number of nitrogens with one attached hydrogen (secondary N) is 1. The molecule has 156 valence electrons. The number of anilines is 1. The molecule has 4 rings (SSSR count). The van der Waals surface area contributed by atoms with E-state index in [1.807, 2.05) is 31.2 Å². The first-order valence-corrected chi connectivity index (χ1v) is 11.0. The van der Waals surface area contributed by atoms with E-state index in [0.717, 1.165) is 11.3 Å². The monoisotopic (exact) mass is 432 g/mol. The van der Waals surface area contributed by atoms with Gasteiger partial charge in [0.2, 0.25) is 5.78 Å². The number of hydrogen-bond donors (Lipinski definition) is 1. The van der Waals surface area contributed by atoms with Crippen LogP contribution in [0.2, 0.25) is 0 Å². The Bertz CT molecular complexity index is 1320. The van der Waals surface area contributed by atoms with Gasteiger partial charge in [0.1, 0.15) is 5.75 Å². The van der Waals surface area contributed by atoms with Crippen LogP contribution in [-0.4, -0.2) is 27.0 Å². The van der Waals surface area contributed by atoms with Gasteiger partial charge in [-0.2, -0.15) is 12.8 Å². The predicted octanol–water partition coefficient (Wildman–Crippen LogP) is 4.37. The number of allylic oxidation sites excluding steroid dienone is 2. The van der Waals surface area contributed by atoms with Gasteiger partial charge in [-0.05, 0) is 55.0 Å². The number of nitrogens with zero attached hydrogens (tertiary/aromatic N) is 1. The lowest BCUT2D eigenvalue weighted by Gasteiger charge is -2.19. The molecule has 0 amide bonds. The zero-order valence-corrected chi connectivity index (χ0v) is 17.8. The molecule has 0 saturated carbocycles. The van der Waals surface area contributed by atoms with E-state index in [9.17, 15) is 13.2 Å². The van der Waals surface area contributed by atoms with Crippen LogP contribution in [0.25, 0.3) is 0 Å². The molecule has 0 radical (unpaired) electrons. The molecule has 6 nitrogen and oxygen atoms in total. The molecular formula is C24H20N2O4S. The quantitative estimate of drug-likeness (QED) is 0.647. The summed E-state index contributed by atoms with van der Waals surface area (Å²) in [6, 6.07) is 20.4. The molecule has 1 aliphatic carbocycles. The van der Waals surface area contributed by atoms with E-state index in [-0.39, 0.29) is 22.1 Å². The van der Waals surface area contributed by atoms with Gasteiger partial charge in [-0.25, -0.2) is 0 Å². The number of carbonyl (C=O) groups is 1. The Balaban J connectivity index is 1.79. The summed E-state index contributed by atoms with van der Waals surface area (Å²) in [5, 5.41) is 3.10. The second-order valence-electron chi connectivity index (χ2n) is 7.05. The first-order chi connectivity index (χ1) is 14.9. The zero-order valence-electron chi connectivity index (χ0n) is 17.0. The first kappa shape index (κ1) is 20.6. The SMILES string of the molecule is COc1ccc(S(=O)(=O)N=C2C=C(Nc3cccc(C)c3)C(=O)c3ccccc32)cc1. The Morgan fingerprint density at radius 2 is 1.61 bits per heavy atom. The van der Waals surface area contributed by atoms with Crippen LogP contribution in [0.5, 0.6) is 5.75 Å². The van der Waals surface area contributed by atoms with Crippen molar-refractivity contribution in [2.24, 2.45) is 4.40 Å². The highest BCUT2D eigenvalue weighted by Crippen LogP contribution is 2.26. The molecule has 1 aliphatic rings. The lowest BCUT2D eigenvalue weighted by atomic mass is 9.92. The van der Waals surface area contributed by atoms with Crippen molar-refractivity contribution in [2.45, 2.75) is 11.8 Å². The topological polar surface area (TPSA) is 84.8 Å². The van der Waals surface area contributed by atoms with Crippen molar-refractivity contribution in [3.63, 3.8) is 0 Å². The van der Waals surface area contributed by atoms with Crippen LogP contribution in [0, 0.1) is 6.92 Å². The van der Waals surface area contributed by atoms with Crippen molar-refractivity contribution >= 4 is 27.2 Å². The Labute approximate surface area is 181 Å². The van der Waals surface area contributed by atoms with Crippen LogP contribution in [0.3, 0.4) is 0 Å². The number of ether oxygens (including phenoxy) is 1. The van der Waals surface area contributed by atoms with E-state index in [0.29, 0.717) is 16.9 Å². The number of hydrogen-bond acceptors (Lipinski definition) is 5. The largest absolute Gasteiger partial charge is 0.497 e. The van der Waals surface area contributed by atoms with E-state index >= 15 is 0 Å². The van der Waals surface area contributed by atoms with Crippen molar-refractivity contribution in [2.75, 3.05) is 12.4 Å². The maximum absolute atomic E-state index is 13.0. The van der Waals surface area contributed by atoms with Crippen LogP contribution in [0.1, 0.15) is 21.5 Å². The molecule has 0 heterocycles. The summed E-state index contributed by atoms with van der Waals surface area (Å²) in [5.41, 5.74) is 3.08. The Morgan fingerprint density at radius 1 is 0.903 bits per heavy atom. The normalized spacial score (nSPS) is 14.7. The fourth-order valence-corrected chi connectivity index (χ4v) is 4.30. The summed E-state index contributed by atoms with van der Waals surface area (Å²) in [5.74, 6) is 0.322. The second-order valence-corrected chi connectivity index (χ2v) is 8.66. The smallest absolute Gasteiger partial charge is 0.282 e. The van der Waals surface area contributed by atoms with Crippen molar-refractivity contribution in [1.29, 1.82) is 0 Å². The number of ketones is 1. The average molecular weight is 433 g/mol. The molecule has 3 aromatic rings. The van der Waals surface area contributed by atoms with Crippen molar-refractivity contribution < 1.29 is 17.9 Å². The number of methoxy groups -OCH3 is 1. The Kier molecular flexibility index (Phi) is 5.44. The molecule has 7 heteroatoms. The summed E-state index contributed by atoms with van der Waals surface area (Å²) in [7, 11) is -2.49. The summed E-state index contributed by atoms with van der Waals surface area (Å²) in [6.45, 7) is 1.95. The molecule has 0 aromatic heterocycles. The van der Waals surface area contributed by atoms with Crippen LogP contribution in [-0.2, 0) is 10.0 Å². The van der Waals surface area contributed by atoms with Crippen LogP contribution in [0.15, 0.2) is 93.9 Å². The number of Topliss-reactive ketones (excluding diaryl/α,β-unsaturated/α-hetero) is 1. The fraction of sp³-hybridized carbons (Fsp3) is 0.0833. The first-order valence-electron chi connectivity index (χ1n) is 9.56. The minimum atomic E-state index is -4.00. The lowest BCUT2D eigenvalue weighted by molar-refractivity contribution is 0.103. The minimum Gasteiger partial charge on any atom is -0.497 e. The highest BCUT2D eigenvalue weighted by Gasteiger charge is 2.26. The summed E-state index contributed by atoms with van der Waals surface area (Å²) >= 11 is 0. The number of aryl methyl sites for hydroxylation is 1. The number of benzene rings is 3. The standard InChI is InChI=1S/C24H20N2O4S/c1-16-6-5-7-17(14-16)25-23-15-22(20-8-3-4-9-21(20)24(23)27)26-31(28,29)19-12-10-18(30-2)11-13-19/h3-15,25H,1-2H3. The number of sulfonamides is 1. The van der Waals surface area contributed by atoms with Crippen molar-refractivity contribution in [3.8, 4) is 5.75 Å². The van der Waals surface area contributed by atoms with E-state index in [4.69, 9.17) is 4.74 Å². The molecule has 0 saturated heterocycles. The molecule has 31 heavy (non-hydrogen) atoms. The van der Waals surface area contributed by atoms with Gasteiger partial charge >= 0.3 is 0 Å². The van der Waals surface area contributed by atoms with Gasteiger partial charge in [0.25, 0.3) is 10.0 Å². The van der Waals surface area contributed by atoms with Gasteiger partial charge in [0, 0.05) is 16.8 Å². The third-order valence-electron chi connectivity index (χ3n) is 4.85. The highest BCUT2D eigenvalue weighted by atomic mass is 32.2. The lowest BCUT2D eigenvalue weighted by Crippen LogP contribution is -2.22. The number of rotatable bonds is 5. The van der Waals surface area contributed by atoms with Gasteiger partial charge in [0.15, 0.2) is 0 Å². The molecule has 0 aliphatic heterocycles. The van der Waals surface area contributed by atoms with Crippen LogP contribution >= 0.6 is 0 Å². The molecule has 0 atom stereocenters. The second kappa shape index (κ2) is 8.20. The van der Waals surface area contributed by atoms with Gasteiger partial charge in [-0.15, -0.1) is 0 Å². The van der Waals surface area contributed by atoms with E-state index < -0.39 is 10.0 Å². The number of carbonyl (C=O) groups excluding carboxylic acids is 1. The van der Waals surface area contributed by atoms with E-state index in [1.165, 1.54) is 25.3 Å². The summed E-state index contributed by atoms with van der Waals surface area (Å²) < 4.78 is 35.0. The van der Waals surface area contributed by atoms with Crippen molar-refractivity contribution in [3.05, 3.63) is 101 Å². The van der Waals surface area contributed by atoms with Gasteiger partial charge in [0.05, 0.1) is 23.4 Å². The zero-order chi connectivity index (χ0) is 22.0. The van der Waals surface area contributed by atoms with E-state index in [1.54, 1.807) is 36.4 Å².